The van der Waals surface area contributed by atoms with Gasteiger partial charge in [-0.05, 0) is 43.7 Å². The monoisotopic (exact) mass is 462 g/mol. The lowest BCUT2D eigenvalue weighted by Gasteiger charge is -2.16. The highest BCUT2D eigenvalue weighted by molar-refractivity contribution is 5.95. The van der Waals surface area contributed by atoms with E-state index in [1.807, 2.05) is 6.07 Å². The van der Waals surface area contributed by atoms with Crippen molar-refractivity contribution in [1.82, 2.24) is 19.7 Å². The second kappa shape index (κ2) is 10.6. The SMILES string of the molecule is CN1C(=O)CCOc2ccc(C#CC(C)(C)O)cc21.NC(=O)n1cc(Cc2ncccn2)cn1. The molecule has 10 heteroatoms. The Labute approximate surface area is 197 Å². The lowest BCUT2D eigenvalue weighted by Crippen LogP contribution is -2.25. The molecule has 0 fully saturated rings. The summed E-state index contributed by atoms with van der Waals surface area (Å²) in [5, 5.41) is 13.4. The van der Waals surface area contributed by atoms with Gasteiger partial charge in [0.2, 0.25) is 5.91 Å². The van der Waals surface area contributed by atoms with E-state index in [1.54, 1.807) is 68.8 Å². The minimum Gasteiger partial charge on any atom is -0.491 e. The predicted octanol–water partition coefficient (Wildman–Crippen LogP) is 1.75. The van der Waals surface area contributed by atoms with Gasteiger partial charge in [0, 0.05) is 37.6 Å². The normalized spacial score (nSPS) is 12.8. The molecule has 0 saturated carbocycles. The van der Waals surface area contributed by atoms with Crippen LogP contribution in [0.2, 0.25) is 0 Å². The number of amides is 2. The predicted molar refractivity (Wildman–Crippen MR) is 125 cm³/mol. The fourth-order valence-corrected chi connectivity index (χ4v) is 2.93. The minimum atomic E-state index is -1.04. The molecule has 176 valence electrons. The van der Waals surface area contributed by atoms with Crippen molar-refractivity contribution < 1.29 is 19.4 Å². The highest BCUT2D eigenvalue weighted by Gasteiger charge is 2.20. The molecule has 0 spiro atoms. The van der Waals surface area contributed by atoms with Crippen molar-refractivity contribution >= 4 is 17.6 Å². The van der Waals surface area contributed by atoms with Crippen LogP contribution in [0.4, 0.5) is 10.5 Å². The molecule has 3 heterocycles. The molecule has 3 N–H and O–H groups in total. The Bertz CT molecular complexity index is 1220. The number of nitrogens with zero attached hydrogens (tertiary/aromatic N) is 5. The number of benzene rings is 1. The van der Waals surface area contributed by atoms with Crippen LogP contribution in [-0.2, 0) is 11.2 Å². The molecular formula is C24H26N6O4. The Kier molecular flexibility index (Phi) is 7.60. The van der Waals surface area contributed by atoms with Crippen LogP contribution >= 0.6 is 0 Å². The average molecular weight is 463 g/mol. The third-order valence-corrected chi connectivity index (χ3v) is 4.62. The van der Waals surface area contributed by atoms with Crippen LogP contribution in [0.15, 0.2) is 49.1 Å². The molecule has 10 nitrogen and oxygen atoms in total. The fourth-order valence-electron chi connectivity index (χ4n) is 2.93. The van der Waals surface area contributed by atoms with Gasteiger partial charge in [0.1, 0.15) is 17.2 Å². The van der Waals surface area contributed by atoms with Crippen LogP contribution in [0.5, 0.6) is 5.75 Å². The molecule has 0 unspecified atom stereocenters. The van der Waals surface area contributed by atoms with Gasteiger partial charge in [-0.1, -0.05) is 11.8 Å². The van der Waals surface area contributed by atoms with E-state index in [0.29, 0.717) is 36.7 Å². The standard InChI is InChI=1S/C15H17NO3.C9H9N5O/c1-15(2,18)8-6-11-4-5-13-12(10-11)16(3)14(17)7-9-19-13;10-9(15)14-6-7(5-13-14)4-8-11-2-1-3-12-8/h4-5,10,18H,7,9H2,1-3H3;1-3,5-6H,4H2,(H2,10,15). The summed E-state index contributed by atoms with van der Waals surface area (Å²) in [4.78, 5) is 32.2. The molecular weight excluding hydrogens is 436 g/mol. The highest BCUT2D eigenvalue weighted by Crippen LogP contribution is 2.31. The van der Waals surface area contributed by atoms with Gasteiger partial charge in [-0.3, -0.25) is 4.79 Å². The second-order valence-electron chi connectivity index (χ2n) is 8.02. The molecule has 0 aliphatic carbocycles. The molecule has 0 bridgehead atoms. The molecule has 0 atom stereocenters. The topological polar surface area (TPSA) is 136 Å². The van der Waals surface area contributed by atoms with Crippen molar-refractivity contribution in [2.45, 2.75) is 32.3 Å². The lowest BCUT2D eigenvalue weighted by atomic mass is 10.1. The largest absolute Gasteiger partial charge is 0.491 e. The maximum Gasteiger partial charge on any atom is 0.339 e. The first-order chi connectivity index (χ1) is 16.1. The van der Waals surface area contributed by atoms with Crippen LogP contribution in [0.3, 0.4) is 0 Å². The Morgan fingerprint density at radius 3 is 2.68 bits per heavy atom. The molecule has 34 heavy (non-hydrogen) atoms. The summed E-state index contributed by atoms with van der Waals surface area (Å²) in [6.45, 7) is 3.65. The van der Waals surface area contributed by atoms with Crippen LogP contribution in [0.1, 0.15) is 37.2 Å². The van der Waals surface area contributed by atoms with Crippen molar-refractivity contribution in [3.63, 3.8) is 0 Å². The minimum absolute atomic E-state index is 0.0198. The fraction of sp³-hybridized carbons (Fsp3) is 0.292. The van der Waals surface area contributed by atoms with E-state index >= 15 is 0 Å². The maximum absolute atomic E-state index is 11.8. The molecule has 2 amide bonds. The van der Waals surface area contributed by atoms with E-state index in [9.17, 15) is 14.7 Å². The summed E-state index contributed by atoms with van der Waals surface area (Å²) >= 11 is 0. The first-order valence-electron chi connectivity index (χ1n) is 10.5. The number of rotatable bonds is 2. The summed E-state index contributed by atoms with van der Waals surface area (Å²) in [6.07, 6.45) is 7.38. The van der Waals surface area contributed by atoms with E-state index in [0.717, 1.165) is 15.8 Å². The number of hydrogen-bond acceptors (Lipinski definition) is 7. The summed E-state index contributed by atoms with van der Waals surface area (Å²) in [7, 11) is 1.73. The number of ether oxygens (including phenoxy) is 1. The zero-order valence-corrected chi connectivity index (χ0v) is 19.2. The average Bonchev–Trinajstić information content (AvgIpc) is 3.22. The highest BCUT2D eigenvalue weighted by atomic mass is 16.5. The summed E-state index contributed by atoms with van der Waals surface area (Å²) in [5.41, 5.74) is 6.32. The summed E-state index contributed by atoms with van der Waals surface area (Å²) in [5.74, 6) is 7.03. The molecule has 0 saturated heterocycles. The van der Waals surface area contributed by atoms with E-state index < -0.39 is 11.6 Å². The van der Waals surface area contributed by atoms with Crippen molar-refractivity contribution in [1.29, 1.82) is 0 Å². The van der Waals surface area contributed by atoms with Crippen molar-refractivity contribution in [2.24, 2.45) is 5.73 Å². The Balaban J connectivity index is 0.000000196. The van der Waals surface area contributed by atoms with Gasteiger partial charge in [-0.15, -0.1) is 0 Å². The molecule has 0 radical (unpaired) electrons. The third kappa shape index (κ3) is 6.88. The van der Waals surface area contributed by atoms with E-state index in [2.05, 4.69) is 26.9 Å². The Morgan fingerprint density at radius 1 is 1.29 bits per heavy atom. The van der Waals surface area contributed by atoms with Gasteiger partial charge in [-0.2, -0.15) is 9.78 Å². The van der Waals surface area contributed by atoms with Gasteiger partial charge < -0.3 is 20.5 Å². The first-order valence-corrected chi connectivity index (χ1v) is 10.5. The third-order valence-electron chi connectivity index (χ3n) is 4.62. The van der Waals surface area contributed by atoms with Crippen molar-refractivity contribution in [3.8, 4) is 17.6 Å². The number of carbonyl (C=O) groups is 2. The smallest absolute Gasteiger partial charge is 0.339 e. The van der Waals surface area contributed by atoms with Crippen molar-refractivity contribution in [2.75, 3.05) is 18.6 Å². The zero-order valence-electron chi connectivity index (χ0n) is 19.2. The maximum atomic E-state index is 11.8. The first kappa shape index (κ1) is 24.4. The zero-order chi connectivity index (χ0) is 24.7. The number of nitrogens with two attached hydrogens (primary N) is 1. The van der Waals surface area contributed by atoms with Gasteiger partial charge in [0.15, 0.2) is 0 Å². The van der Waals surface area contributed by atoms with Gasteiger partial charge in [-0.25, -0.2) is 14.8 Å². The lowest BCUT2D eigenvalue weighted by molar-refractivity contribution is -0.118. The van der Waals surface area contributed by atoms with Crippen LogP contribution in [0, 0.1) is 11.8 Å². The summed E-state index contributed by atoms with van der Waals surface area (Å²) < 4.78 is 6.61. The van der Waals surface area contributed by atoms with E-state index in [1.165, 1.54) is 0 Å². The Morgan fingerprint density at radius 2 is 2.03 bits per heavy atom. The van der Waals surface area contributed by atoms with Crippen LogP contribution in [-0.4, -0.2) is 56.0 Å². The number of primary amides is 1. The van der Waals surface area contributed by atoms with Crippen LogP contribution in [0.25, 0.3) is 0 Å². The number of carbonyl (C=O) groups excluding carboxylic acids is 2. The number of anilines is 1. The van der Waals surface area contributed by atoms with Crippen LogP contribution < -0.4 is 15.4 Å². The quantitative estimate of drug-likeness (QED) is 0.554. The van der Waals surface area contributed by atoms with E-state index in [4.69, 9.17) is 10.5 Å². The van der Waals surface area contributed by atoms with Gasteiger partial charge in [0.05, 0.1) is 24.9 Å². The number of aliphatic hydroxyl groups is 1. The molecule has 1 aliphatic rings. The second-order valence-corrected chi connectivity index (χ2v) is 8.02. The number of hydrogen-bond donors (Lipinski definition) is 2. The molecule has 3 aromatic rings. The molecule has 2 aromatic heterocycles. The Hall–Kier alpha value is -4.23. The number of fused-ring (bicyclic) bond motifs is 1. The van der Waals surface area contributed by atoms with Crippen molar-refractivity contribution in [3.05, 3.63) is 66.0 Å². The number of aromatic nitrogens is 4. The molecule has 4 rings (SSSR count). The van der Waals surface area contributed by atoms with E-state index in [-0.39, 0.29) is 5.91 Å². The summed E-state index contributed by atoms with van der Waals surface area (Å²) in [6, 6.07) is 6.57. The van der Waals surface area contributed by atoms with Gasteiger partial charge >= 0.3 is 6.03 Å². The molecule has 1 aliphatic heterocycles. The van der Waals surface area contributed by atoms with Gasteiger partial charge in [0.25, 0.3) is 0 Å². The molecule has 1 aromatic carbocycles.